The fraction of sp³-hybridized carbons (Fsp3) is 0.263. The maximum atomic E-state index is 13.1. The molecule has 2 amide bonds. The summed E-state index contributed by atoms with van der Waals surface area (Å²) in [6, 6.07) is 15.7. The molecule has 6 heteroatoms. The molecule has 0 aromatic heterocycles. The van der Waals surface area contributed by atoms with Gasteiger partial charge in [-0.1, -0.05) is 24.3 Å². The number of carbonyl (C=O) groups is 2. The first-order valence-electron chi connectivity index (χ1n) is 8.25. The van der Waals surface area contributed by atoms with Crippen LogP contribution in [0.15, 0.2) is 54.6 Å². The summed E-state index contributed by atoms with van der Waals surface area (Å²) in [7, 11) is 0. The number of para-hydroxylation sites is 1. The van der Waals surface area contributed by atoms with Crippen LogP contribution in [0.5, 0.6) is 0 Å². The summed E-state index contributed by atoms with van der Waals surface area (Å²) in [6.07, 6.45) is -0.234. The Morgan fingerprint density at radius 3 is 2.36 bits per heavy atom. The van der Waals surface area contributed by atoms with Crippen LogP contribution in [0.3, 0.4) is 0 Å². The predicted octanol–water partition coefficient (Wildman–Crippen LogP) is 2.50. The molecule has 3 rings (SSSR count). The number of hydrogen-bond donors (Lipinski definition) is 1. The normalized spacial score (nSPS) is 14.3. The van der Waals surface area contributed by atoms with E-state index in [1.165, 1.54) is 18.2 Å². The van der Waals surface area contributed by atoms with Crippen molar-refractivity contribution in [1.82, 2.24) is 4.90 Å². The van der Waals surface area contributed by atoms with E-state index in [1.54, 1.807) is 11.0 Å². The number of piperazine rings is 1. The van der Waals surface area contributed by atoms with Gasteiger partial charge in [-0.05, 0) is 30.3 Å². The van der Waals surface area contributed by atoms with Gasteiger partial charge in [-0.25, -0.2) is 4.39 Å². The Bertz CT molecular complexity index is 743. The highest BCUT2D eigenvalue weighted by molar-refractivity contribution is 6.03. The highest BCUT2D eigenvalue weighted by atomic mass is 19.1. The van der Waals surface area contributed by atoms with Crippen molar-refractivity contribution >= 4 is 23.2 Å². The second-order valence-corrected chi connectivity index (χ2v) is 5.94. The summed E-state index contributed by atoms with van der Waals surface area (Å²) in [5, 5.41) is 2.55. The van der Waals surface area contributed by atoms with Crippen LogP contribution in [0.1, 0.15) is 6.42 Å². The van der Waals surface area contributed by atoms with Crippen molar-refractivity contribution in [2.24, 2.45) is 0 Å². The van der Waals surface area contributed by atoms with Crippen LogP contribution >= 0.6 is 0 Å². The molecular formula is C19H20FN3O2. The van der Waals surface area contributed by atoms with Crippen molar-refractivity contribution in [3.05, 3.63) is 60.4 Å². The van der Waals surface area contributed by atoms with E-state index in [2.05, 4.69) is 10.2 Å². The number of carbonyl (C=O) groups excluding carboxylic acids is 2. The van der Waals surface area contributed by atoms with Crippen LogP contribution in [-0.4, -0.2) is 42.9 Å². The van der Waals surface area contributed by atoms with Crippen molar-refractivity contribution in [2.45, 2.75) is 6.42 Å². The molecule has 0 unspecified atom stereocenters. The van der Waals surface area contributed by atoms with Gasteiger partial charge in [0.2, 0.25) is 11.8 Å². The lowest BCUT2D eigenvalue weighted by molar-refractivity contribution is -0.134. The van der Waals surface area contributed by atoms with Crippen LogP contribution in [0, 0.1) is 5.82 Å². The van der Waals surface area contributed by atoms with Crippen LogP contribution in [0.4, 0.5) is 15.8 Å². The molecule has 1 fully saturated rings. The van der Waals surface area contributed by atoms with E-state index < -0.39 is 11.7 Å². The molecule has 2 aromatic carbocycles. The van der Waals surface area contributed by atoms with Crippen LogP contribution in [-0.2, 0) is 9.59 Å². The average Bonchev–Trinajstić information content (AvgIpc) is 2.62. The predicted molar refractivity (Wildman–Crippen MR) is 94.9 cm³/mol. The molecule has 0 aliphatic carbocycles. The van der Waals surface area contributed by atoms with E-state index in [-0.39, 0.29) is 12.3 Å². The smallest absolute Gasteiger partial charge is 0.233 e. The lowest BCUT2D eigenvalue weighted by atomic mass is 10.2. The first kappa shape index (κ1) is 17.0. The summed E-state index contributed by atoms with van der Waals surface area (Å²) < 4.78 is 13.1. The maximum Gasteiger partial charge on any atom is 0.233 e. The third kappa shape index (κ3) is 4.56. The summed E-state index contributed by atoms with van der Waals surface area (Å²) in [5.41, 5.74) is 1.49. The molecule has 0 spiro atoms. The van der Waals surface area contributed by atoms with Gasteiger partial charge in [0, 0.05) is 37.6 Å². The molecule has 0 bridgehead atoms. The third-order valence-electron chi connectivity index (χ3n) is 4.17. The standard InChI is InChI=1S/C19H20FN3O2/c20-15-5-4-6-16(13-15)21-18(24)14-19(25)23-11-9-22(10-12-23)17-7-2-1-3-8-17/h1-8,13H,9-12,14H2,(H,21,24). The monoisotopic (exact) mass is 341 g/mol. The van der Waals surface area contributed by atoms with E-state index in [0.717, 1.165) is 18.8 Å². The number of anilines is 2. The molecule has 1 N–H and O–H groups in total. The van der Waals surface area contributed by atoms with Crippen molar-refractivity contribution < 1.29 is 14.0 Å². The number of rotatable bonds is 4. The fourth-order valence-electron chi connectivity index (χ4n) is 2.87. The zero-order valence-corrected chi connectivity index (χ0v) is 13.8. The lowest BCUT2D eigenvalue weighted by Gasteiger charge is -2.36. The molecule has 0 atom stereocenters. The Balaban J connectivity index is 1.48. The highest BCUT2D eigenvalue weighted by Crippen LogP contribution is 2.16. The molecule has 130 valence electrons. The molecule has 2 aromatic rings. The molecule has 0 radical (unpaired) electrons. The number of benzene rings is 2. The minimum Gasteiger partial charge on any atom is -0.368 e. The molecular weight excluding hydrogens is 321 g/mol. The first-order chi connectivity index (χ1) is 12.1. The molecule has 5 nitrogen and oxygen atoms in total. The molecule has 1 aliphatic heterocycles. The van der Waals surface area contributed by atoms with Gasteiger partial charge in [-0.2, -0.15) is 0 Å². The first-order valence-corrected chi connectivity index (χ1v) is 8.25. The van der Waals surface area contributed by atoms with Gasteiger partial charge < -0.3 is 15.1 Å². The molecule has 25 heavy (non-hydrogen) atoms. The van der Waals surface area contributed by atoms with Gasteiger partial charge in [0.15, 0.2) is 0 Å². The fourth-order valence-corrected chi connectivity index (χ4v) is 2.87. The Kier molecular flexibility index (Phi) is 5.28. The quantitative estimate of drug-likeness (QED) is 0.870. The van der Waals surface area contributed by atoms with Crippen LogP contribution < -0.4 is 10.2 Å². The van der Waals surface area contributed by atoms with Gasteiger partial charge in [0.25, 0.3) is 0 Å². The van der Waals surface area contributed by atoms with Gasteiger partial charge >= 0.3 is 0 Å². The van der Waals surface area contributed by atoms with Gasteiger partial charge in [0.1, 0.15) is 12.2 Å². The van der Waals surface area contributed by atoms with E-state index in [4.69, 9.17) is 0 Å². The summed E-state index contributed by atoms with van der Waals surface area (Å²) >= 11 is 0. The topological polar surface area (TPSA) is 52.7 Å². The number of nitrogens with zero attached hydrogens (tertiary/aromatic N) is 2. The zero-order valence-electron chi connectivity index (χ0n) is 13.8. The summed E-state index contributed by atoms with van der Waals surface area (Å²) in [4.78, 5) is 28.2. The van der Waals surface area contributed by atoms with Crippen LogP contribution in [0.25, 0.3) is 0 Å². The van der Waals surface area contributed by atoms with Crippen molar-refractivity contribution in [3.8, 4) is 0 Å². The van der Waals surface area contributed by atoms with E-state index in [0.29, 0.717) is 18.8 Å². The Labute approximate surface area is 146 Å². The van der Waals surface area contributed by atoms with Gasteiger partial charge in [0.05, 0.1) is 0 Å². The molecule has 0 saturated carbocycles. The number of amides is 2. The van der Waals surface area contributed by atoms with Crippen molar-refractivity contribution in [1.29, 1.82) is 0 Å². The van der Waals surface area contributed by atoms with Crippen molar-refractivity contribution in [3.63, 3.8) is 0 Å². The van der Waals surface area contributed by atoms with Gasteiger partial charge in [-0.15, -0.1) is 0 Å². The lowest BCUT2D eigenvalue weighted by Crippen LogP contribution is -2.49. The minimum atomic E-state index is -0.430. The number of halogens is 1. The minimum absolute atomic E-state index is 0.207. The Morgan fingerprint density at radius 1 is 0.960 bits per heavy atom. The second-order valence-electron chi connectivity index (χ2n) is 5.94. The highest BCUT2D eigenvalue weighted by Gasteiger charge is 2.22. The van der Waals surface area contributed by atoms with E-state index in [9.17, 15) is 14.0 Å². The Hall–Kier alpha value is -2.89. The van der Waals surface area contributed by atoms with Crippen LogP contribution in [0.2, 0.25) is 0 Å². The maximum absolute atomic E-state index is 13.1. The third-order valence-corrected chi connectivity index (χ3v) is 4.17. The molecule has 1 aliphatic rings. The Morgan fingerprint density at radius 2 is 1.68 bits per heavy atom. The van der Waals surface area contributed by atoms with E-state index >= 15 is 0 Å². The molecule has 1 heterocycles. The molecule has 1 saturated heterocycles. The van der Waals surface area contributed by atoms with E-state index in [1.807, 2.05) is 30.3 Å². The summed E-state index contributed by atoms with van der Waals surface area (Å²) in [5.74, 6) is -1.07. The SMILES string of the molecule is O=C(CC(=O)N1CCN(c2ccccc2)CC1)Nc1cccc(F)c1. The summed E-state index contributed by atoms with van der Waals surface area (Å²) in [6.45, 7) is 2.64. The second kappa shape index (κ2) is 7.79. The zero-order chi connectivity index (χ0) is 17.6. The largest absolute Gasteiger partial charge is 0.368 e. The number of hydrogen-bond acceptors (Lipinski definition) is 3. The average molecular weight is 341 g/mol. The number of nitrogens with one attached hydrogen (secondary N) is 1. The van der Waals surface area contributed by atoms with Gasteiger partial charge in [-0.3, -0.25) is 9.59 Å². The van der Waals surface area contributed by atoms with Crippen molar-refractivity contribution in [2.75, 3.05) is 36.4 Å².